The summed E-state index contributed by atoms with van der Waals surface area (Å²) in [6.07, 6.45) is 0. The molecule has 0 aliphatic rings. The summed E-state index contributed by atoms with van der Waals surface area (Å²) >= 11 is 5.87. The third-order valence-electron chi connectivity index (χ3n) is 2.99. The van der Waals surface area contributed by atoms with Crippen LogP contribution in [0.1, 0.15) is 15.9 Å². The van der Waals surface area contributed by atoms with Crippen LogP contribution in [0.15, 0.2) is 36.4 Å². The monoisotopic (exact) mass is 354 g/mol. The predicted octanol–water partition coefficient (Wildman–Crippen LogP) is 2.77. The normalized spacial score (nSPS) is 10.2. The largest absolute Gasteiger partial charge is 0.484 e. The molecule has 0 heterocycles. The Morgan fingerprint density at radius 3 is 2.54 bits per heavy atom. The number of ether oxygens (including phenoxy) is 1. The Hall–Kier alpha value is -2.67. The first-order valence-electron chi connectivity index (χ1n) is 6.80. The van der Waals surface area contributed by atoms with Crippen LogP contribution in [-0.2, 0) is 4.79 Å². The van der Waals surface area contributed by atoms with Crippen LogP contribution in [0.2, 0.25) is 5.02 Å². The van der Waals surface area contributed by atoms with Crippen LogP contribution >= 0.6 is 11.6 Å². The molecular weight excluding hydrogens is 342 g/mol. The number of benzene rings is 2. The molecule has 2 N–H and O–H groups in total. The van der Waals surface area contributed by atoms with Crippen LogP contribution in [0, 0.1) is 18.6 Å². The minimum atomic E-state index is -1.03. The van der Waals surface area contributed by atoms with Crippen molar-refractivity contribution in [1.29, 1.82) is 0 Å². The summed E-state index contributed by atoms with van der Waals surface area (Å²) in [5, 5.41) is 0.570. The van der Waals surface area contributed by atoms with Crippen molar-refractivity contribution < 1.29 is 23.1 Å². The zero-order valence-corrected chi connectivity index (χ0v) is 13.3. The van der Waals surface area contributed by atoms with E-state index in [1.165, 1.54) is 0 Å². The Kier molecular flexibility index (Phi) is 5.70. The van der Waals surface area contributed by atoms with Gasteiger partial charge in [-0.3, -0.25) is 20.4 Å². The Labute approximate surface area is 141 Å². The molecule has 0 aromatic heterocycles. The van der Waals surface area contributed by atoms with Crippen molar-refractivity contribution in [2.75, 3.05) is 6.61 Å². The summed E-state index contributed by atoms with van der Waals surface area (Å²) in [6.45, 7) is 1.42. The number of hydrogen-bond donors (Lipinski definition) is 2. The molecule has 0 saturated heterocycles. The highest BCUT2D eigenvalue weighted by atomic mass is 35.5. The maximum Gasteiger partial charge on any atom is 0.276 e. The van der Waals surface area contributed by atoms with Gasteiger partial charge in [-0.2, -0.15) is 0 Å². The van der Waals surface area contributed by atoms with Gasteiger partial charge >= 0.3 is 0 Å². The summed E-state index contributed by atoms with van der Waals surface area (Å²) in [5.74, 6) is -2.97. The molecule has 2 aromatic carbocycles. The first-order chi connectivity index (χ1) is 11.4. The molecule has 0 unspecified atom stereocenters. The van der Waals surface area contributed by atoms with Crippen LogP contribution in [-0.4, -0.2) is 18.4 Å². The van der Waals surface area contributed by atoms with Crippen LogP contribution in [0.3, 0.4) is 0 Å². The summed E-state index contributed by atoms with van der Waals surface area (Å²) in [6, 6.07) is 7.36. The number of carbonyl (C=O) groups is 2. The van der Waals surface area contributed by atoms with Crippen molar-refractivity contribution in [1.82, 2.24) is 10.9 Å². The molecule has 0 radical (unpaired) electrons. The van der Waals surface area contributed by atoms with Gasteiger partial charge in [0.2, 0.25) is 0 Å². The fraction of sp³-hybridized carbons (Fsp3) is 0.125. The first kappa shape index (κ1) is 17.7. The first-order valence-corrected chi connectivity index (χ1v) is 7.18. The maximum atomic E-state index is 13.4. The van der Waals surface area contributed by atoms with E-state index in [2.05, 4.69) is 5.43 Å². The molecule has 0 spiro atoms. The van der Waals surface area contributed by atoms with Crippen molar-refractivity contribution in [3.8, 4) is 5.75 Å². The number of aryl methyl sites for hydroxylation is 1. The Balaban J connectivity index is 1.84. The number of halogens is 3. The fourth-order valence-electron chi connectivity index (χ4n) is 1.76. The smallest absolute Gasteiger partial charge is 0.276 e. The van der Waals surface area contributed by atoms with Gasteiger partial charge in [0, 0.05) is 11.1 Å². The van der Waals surface area contributed by atoms with E-state index in [0.29, 0.717) is 16.8 Å². The average Bonchev–Trinajstić information content (AvgIpc) is 2.53. The van der Waals surface area contributed by atoms with Gasteiger partial charge < -0.3 is 4.74 Å². The lowest BCUT2D eigenvalue weighted by Crippen LogP contribution is -2.44. The zero-order chi connectivity index (χ0) is 17.7. The topological polar surface area (TPSA) is 67.4 Å². The summed E-state index contributed by atoms with van der Waals surface area (Å²) in [5.41, 5.74) is 4.47. The molecule has 5 nitrogen and oxygen atoms in total. The molecule has 126 valence electrons. The number of rotatable bonds is 4. The molecule has 24 heavy (non-hydrogen) atoms. The molecule has 0 saturated carbocycles. The van der Waals surface area contributed by atoms with Gasteiger partial charge in [0.15, 0.2) is 6.61 Å². The fourth-order valence-corrected chi connectivity index (χ4v) is 1.88. The van der Waals surface area contributed by atoms with Gasteiger partial charge in [-0.05, 0) is 42.8 Å². The van der Waals surface area contributed by atoms with E-state index in [-0.39, 0.29) is 6.61 Å². The van der Waals surface area contributed by atoms with Crippen molar-refractivity contribution in [2.24, 2.45) is 0 Å². The highest BCUT2D eigenvalue weighted by Gasteiger charge is 2.13. The lowest BCUT2D eigenvalue weighted by molar-refractivity contribution is -0.123. The quantitative estimate of drug-likeness (QED) is 0.830. The van der Waals surface area contributed by atoms with E-state index in [1.54, 1.807) is 25.1 Å². The molecule has 2 rings (SSSR count). The molecule has 0 aliphatic heterocycles. The highest BCUT2D eigenvalue weighted by molar-refractivity contribution is 6.31. The lowest BCUT2D eigenvalue weighted by atomic mass is 10.2. The van der Waals surface area contributed by atoms with Gasteiger partial charge in [-0.1, -0.05) is 11.6 Å². The minimum absolute atomic E-state index is 0.368. The third-order valence-corrected chi connectivity index (χ3v) is 3.41. The summed E-state index contributed by atoms with van der Waals surface area (Å²) in [7, 11) is 0. The van der Waals surface area contributed by atoms with Crippen LogP contribution in [0.5, 0.6) is 5.75 Å². The maximum absolute atomic E-state index is 13.4. The standard InChI is InChI=1S/C16H13ClF2N2O3/c1-9-6-11(3-5-13(9)17)24-8-15(22)20-21-16(23)12-4-2-10(18)7-14(12)19/h2-7H,8H2,1H3,(H,20,22)(H,21,23). The molecule has 0 atom stereocenters. The van der Waals surface area contributed by atoms with Gasteiger partial charge in [0.05, 0.1) is 5.56 Å². The highest BCUT2D eigenvalue weighted by Crippen LogP contribution is 2.20. The second-order valence-electron chi connectivity index (χ2n) is 4.83. The van der Waals surface area contributed by atoms with Crippen molar-refractivity contribution in [3.05, 3.63) is 64.2 Å². The Morgan fingerprint density at radius 1 is 1.12 bits per heavy atom. The third kappa shape index (κ3) is 4.66. The minimum Gasteiger partial charge on any atom is -0.484 e. The van der Waals surface area contributed by atoms with Crippen molar-refractivity contribution in [2.45, 2.75) is 6.92 Å². The van der Waals surface area contributed by atoms with Gasteiger partial charge in [-0.25, -0.2) is 8.78 Å². The van der Waals surface area contributed by atoms with Gasteiger partial charge in [0.25, 0.3) is 11.8 Å². The molecule has 8 heteroatoms. The second kappa shape index (κ2) is 7.74. The van der Waals surface area contributed by atoms with Crippen LogP contribution in [0.25, 0.3) is 0 Å². The van der Waals surface area contributed by atoms with Crippen molar-refractivity contribution >= 4 is 23.4 Å². The second-order valence-corrected chi connectivity index (χ2v) is 5.23. The van der Waals surface area contributed by atoms with E-state index in [9.17, 15) is 18.4 Å². The molecule has 0 bridgehead atoms. The molecular formula is C16H13ClF2N2O3. The SMILES string of the molecule is Cc1cc(OCC(=O)NNC(=O)c2ccc(F)cc2F)ccc1Cl. The number of hydrazine groups is 1. The van der Waals surface area contributed by atoms with E-state index < -0.39 is 29.0 Å². The van der Waals surface area contributed by atoms with Crippen molar-refractivity contribution in [3.63, 3.8) is 0 Å². The molecule has 2 aromatic rings. The Morgan fingerprint density at radius 2 is 1.88 bits per heavy atom. The van der Waals surface area contributed by atoms with Gasteiger partial charge in [0.1, 0.15) is 17.4 Å². The summed E-state index contributed by atoms with van der Waals surface area (Å²) in [4.78, 5) is 23.3. The lowest BCUT2D eigenvalue weighted by Gasteiger charge is -2.10. The molecule has 0 fully saturated rings. The van der Waals surface area contributed by atoms with E-state index in [4.69, 9.17) is 16.3 Å². The average molecular weight is 355 g/mol. The molecule has 0 aliphatic carbocycles. The van der Waals surface area contributed by atoms with Crippen LogP contribution in [0.4, 0.5) is 8.78 Å². The van der Waals surface area contributed by atoms with Crippen LogP contribution < -0.4 is 15.6 Å². The van der Waals surface area contributed by atoms with E-state index >= 15 is 0 Å². The zero-order valence-electron chi connectivity index (χ0n) is 12.5. The van der Waals surface area contributed by atoms with Gasteiger partial charge in [-0.15, -0.1) is 0 Å². The predicted molar refractivity (Wildman–Crippen MR) is 83.7 cm³/mol. The number of hydrogen-bond acceptors (Lipinski definition) is 3. The number of carbonyl (C=O) groups excluding carboxylic acids is 2. The summed E-state index contributed by atoms with van der Waals surface area (Å²) < 4.78 is 31.4. The van der Waals surface area contributed by atoms with E-state index in [0.717, 1.165) is 17.7 Å². The Bertz CT molecular complexity index is 784. The molecule has 2 amide bonds. The number of nitrogens with one attached hydrogen (secondary N) is 2. The van der Waals surface area contributed by atoms with E-state index in [1.807, 2.05) is 5.43 Å². The number of amides is 2.